The summed E-state index contributed by atoms with van der Waals surface area (Å²) >= 11 is 0. The zero-order valence-corrected chi connectivity index (χ0v) is 17.3. The summed E-state index contributed by atoms with van der Waals surface area (Å²) < 4.78 is 26.2. The Morgan fingerprint density at radius 1 is 1.19 bits per heavy atom. The summed E-state index contributed by atoms with van der Waals surface area (Å²) in [7, 11) is -3.31. The Morgan fingerprint density at radius 2 is 1.85 bits per heavy atom. The highest BCUT2D eigenvalue weighted by Gasteiger charge is 2.31. The van der Waals surface area contributed by atoms with E-state index in [1.165, 1.54) is 0 Å². The molecule has 1 aromatic carbocycles. The summed E-state index contributed by atoms with van der Waals surface area (Å²) in [5.74, 6) is 0.111. The number of benzene rings is 1. The first-order valence-electron chi connectivity index (χ1n) is 9.33. The van der Waals surface area contributed by atoms with Crippen LogP contribution in [-0.4, -0.2) is 75.2 Å². The van der Waals surface area contributed by atoms with Gasteiger partial charge in [-0.1, -0.05) is 6.92 Å². The molecular formula is C18H29ClN4O3S. The number of rotatable bonds is 6. The van der Waals surface area contributed by atoms with Crippen molar-refractivity contribution < 1.29 is 13.2 Å². The number of carbonyl (C=O) groups is 1. The van der Waals surface area contributed by atoms with E-state index in [1.807, 2.05) is 11.8 Å². The van der Waals surface area contributed by atoms with Crippen LogP contribution >= 0.6 is 12.4 Å². The van der Waals surface area contributed by atoms with Crippen molar-refractivity contribution in [3.05, 3.63) is 29.8 Å². The molecule has 2 fully saturated rings. The van der Waals surface area contributed by atoms with Gasteiger partial charge in [-0.25, -0.2) is 8.42 Å². The largest absolute Gasteiger partial charge is 0.337 e. The lowest BCUT2D eigenvalue weighted by atomic mass is 10.2. The zero-order valence-electron chi connectivity index (χ0n) is 15.7. The first kappa shape index (κ1) is 21.9. The van der Waals surface area contributed by atoms with Gasteiger partial charge >= 0.3 is 0 Å². The van der Waals surface area contributed by atoms with Gasteiger partial charge in [0, 0.05) is 56.6 Å². The van der Waals surface area contributed by atoms with Gasteiger partial charge in [-0.3, -0.25) is 14.4 Å². The number of sulfonamides is 1. The van der Waals surface area contributed by atoms with Crippen LogP contribution in [0.2, 0.25) is 0 Å². The summed E-state index contributed by atoms with van der Waals surface area (Å²) in [6.07, 6.45) is 1.58. The molecule has 0 spiro atoms. The molecule has 1 aromatic rings. The maximum absolute atomic E-state index is 12.7. The molecule has 0 bridgehead atoms. The number of anilines is 1. The topological polar surface area (TPSA) is 81.8 Å². The quantitative estimate of drug-likeness (QED) is 0.732. The standard InChI is InChI=1S/C18H28N4O3S.ClH/c1-2-13-26(24,25)20-16-5-3-15(4-6-16)18(23)22-10-7-17(14-22)21-11-8-19-9-12-21;/h3-6,17,19-20H,2,7-14H2,1H3;1H. The normalized spacial score (nSPS) is 20.9. The number of piperazine rings is 1. The summed E-state index contributed by atoms with van der Waals surface area (Å²) in [6, 6.07) is 7.16. The van der Waals surface area contributed by atoms with E-state index in [2.05, 4.69) is 14.9 Å². The molecule has 2 N–H and O–H groups in total. The van der Waals surface area contributed by atoms with Crippen LogP contribution in [-0.2, 0) is 10.0 Å². The van der Waals surface area contributed by atoms with Crippen molar-refractivity contribution >= 4 is 34.0 Å². The smallest absolute Gasteiger partial charge is 0.253 e. The Hall–Kier alpha value is -1.35. The minimum absolute atomic E-state index is 0. The van der Waals surface area contributed by atoms with E-state index in [1.54, 1.807) is 24.3 Å². The van der Waals surface area contributed by atoms with Crippen molar-refractivity contribution in [1.82, 2.24) is 15.1 Å². The number of halogens is 1. The third-order valence-electron chi connectivity index (χ3n) is 5.00. The van der Waals surface area contributed by atoms with Crippen LogP contribution in [0.25, 0.3) is 0 Å². The van der Waals surface area contributed by atoms with Crippen LogP contribution in [0, 0.1) is 0 Å². The molecule has 0 aromatic heterocycles. The maximum atomic E-state index is 12.7. The molecule has 0 aliphatic carbocycles. The Labute approximate surface area is 167 Å². The highest BCUT2D eigenvalue weighted by molar-refractivity contribution is 7.92. The van der Waals surface area contributed by atoms with Crippen LogP contribution in [0.4, 0.5) is 5.69 Å². The second-order valence-electron chi connectivity index (χ2n) is 6.98. The zero-order chi connectivity index (χ0) is 18.6. The summed E-state index contributed by atoms with van der Waals surface area (Å²) in [5, 5.41) is 3.36. The Balaban J connectivity index is 0.00000261. The third kappa shape index (κ3) is 5.81. The van der Waals surface area contributed by atoms with E-state index in [-0.39, 0.29) is 24.1 Å². The SMILES string of the molecule is CCCS(=O)(=O)Nc1ccc(C(=O)N2CCC(N3CCNCC3)C2)cc1.Cl. The number of nitrogens with zero attached hydrogens (tertiary/aromatic N) is 2. The Kier molecular flexibility index (Phi) is 7.91. The van der Waals surface area contributed by atoms with E-state index in [0.29, 0.717) is 23.7 Å². The molecule has 2 aliphatic rings. The molecule has 2 aliphatic heterocycles. The molecule has 0 radical (unpaired) electrons. The molecule has 1 amide bonds. The van der Waals surface area contributed by atoms with E-state index >= 15 is 0 Å². The van der Waals surface area contributed by atoms with Crippen LogP contribution in [0.3, 0.4) is 0 Å². The average Bonchev–Trinajstić information content (AvgIpc) is 3.12. The molecule has 7 nitrogen and oxygen atoms in total. The van der Waals surface area contributed by atoms with E-state index in [4.69, 9.17) is 0 Å². The van der Waals surface area contributed by atoms with E-state index in [9.17, 15) is 13.2 Å². The minimum Gasteiger partial charge on any atom is -0.337 e. The van der Waals surface area contributed by atoms with Crippen LogP contribution in [0.15, 0.2) is 24.3 Å². The molecule has 27 heavy (non-hydrogen) atoms. The van der Waals surface area contributed by atoms with Gasteiger partial charge in [0.1, 0.15) is 0 Å². The van der Waals surface area contributed by atoms with Crippen LogP contribution < -0.4 is 10.0 Å². The lowest BCUT2D eigenvalue weighted by Crippen LogP contribution is -2.49. The fourth-order valence-corrected chi connectivity index (χ4v) is 4.77. The van der Waals surface area contributed by atoms with Crippen molar-refractivity contribution in [2.75, 3.05) is 49.7 Å². The average molecular weight is 417 g/mol. The molecular weight excluding hydrogens is 388 g/mol. The van der Waals surface area contributed by atoms with Crippen molar-refractivity contribution in [1.29, 1.82) is 0 Å². The molecule has 2 saturated heterocycles. The van der Waals surface area contributed by atoms with Gasteiger partial charge in [-0.15, -0.1) is 12.4 Å². The molecule has 1 atom stereocenters. The van der Waals surface area contributed by atoms with E-state index in [0.717, 1.165) is 45.7 Å². The molecule has 152 valence electrons. The molecule has 2 heterocycles. The predicted molar refractivity (Wildman–Crippen MR) is 110 cm³/mol. The summed E-state index contributed by atoms with van der Waals surface area (Å²) in [4.78, 5) is 17.1. The third-order valence-corrected chi connectivity index (χ3v) is 6.49. The van der Waals surface area contributed by atoms with Gasteiger partial charge in [0.15, 0.2) is 0 Å². The lowest BCUT2D eigenvalue weighted by Gasteiger charge is -2.32. The monoisotopic (exact) mass is 416 g/mol. The van der Waals surface area contributed by atoms with E-state index < -0.39 is 10.0 Å². The van der Waals surface area contributed by atoms with Crippen molar-refractivity contribution in [3.63, 3.8) is 0 Å². The number of nitrogens with one attached hydrogen (secondary N) is 2. The van der Waals surface area contributed by atoms with Gasteiger partial charge in [0.25, 0.3) is 5.91 Å². The lowest BCUT2D eigenvalue weighted by molar-refractivity contribution is 0.0773. The summed E-state index contributed by atoms with van der Waals surface area (Å²) in [5.41, 5.74) is 1.10. The number of hydrogen-bond donors (Lipinski definition) is 2. The molecule has 0 saturated carbocycles. The first-order valence-corrected chi connectivity index (χ1v) is 11.0. The van der Waals surface area contributed by atoms with Crippen LogP contribution in [0.1, 0.15) is 30.1 Å². The van der Waals surface area contributed by atoms with Gasteiger partial charge in [0.05, 0.1) is 5.75 Å². The highest BCUT2D eigenvalue weighted by atomic mass is 35.5. The van der Waals surface area contributed by atoms with Gasteiger partial charge in [0.2, 0.25) is 10.0 Å². The minimum atomic E-state index is -3.31. The second-order valence-corrected chi connectivity index (χ2v) is 8.82. The number of likely N-dealkylation sites (tertiary alicyclic amines) is 1. The Morgan fingerprint density at radius 3 is 2.48 bits per heavy atom. The molecule has 3 rings (SSSR count). The Bertz CT molecular complexity index is 721. The van der Waals surface area contributed by atoms with Crippen LogP contribution in [0.5, 0.6) is 0 Å². The first-order chi connectivity index (χ1) is 12.5. The summed E-state index contributed by atoms with van der Waals surface area (Å²) in [6.45, 7) is 7.48. The number of amides is 1. The second kappa shape index (κ2) is 9.73. The van der Waals surface area contributed by atoms with Gasteiger partial charge in [-0.05, 0) is 37.1 Å². The molecule has 1 unspecified atom stereocenters. The van der Waals surface area contributed by atoms with Crippen molar-refractivity contribution in [3.8, 4) is 0 Å². The molecule has 9 heteroatoms. The number of carbonyl (C=O) groups excluding carboxylic acids is 1. The highest BCUT2D eigenvalue weighted by Crippen LogP contribution is 2.20. The fourth-order valence-electron chi connectivity index (χ4n) is 3.63. The van der Waals surface area contributed by atoms with Gasteiger partial charge < -0.3 is 10.2 Å². The van der Waals surface area contributed by atoms with Gasteiger partial charge in [-0.2, -0.15) is 0 Å². The maximum Gasteiger partial charge on any atom is 0.253 e. The van der Waals surface area contributed by atoms with Crippen molar-refractivity contribution in [2.24, 2.45) is 0 Å². The fraction of sp³-hybridized carbons (Fsp3) is 0.611. The predicted octanol–water partition coefficient (Wildman–Crippen LogP) is 1.38. The number of hydrogen-bond acceptors (Lipinski definition) is 5. The van der Waals surface area contributed by atoms with Crippen molar-refractivity contribution in [2.45, 2.75) is 25.8 Å².